The Labute approximate surface area is 77.2 Å². The molecule has 5 heteroatoms. The molecule has 0 unspecified atom stereocenters. The smallest absolute Gasteiger partial charge is 0.323 e. The first-order valence-corrected chi connectivity index (χ1v) is 3.78. The number of rotatable bonds is 4. The van der Waals surface area contributed by atoms with Crippen LogP contribution in [0.4, 0.5) is 4.79 Å². The summed E-state index contributed by atoms with van der Waals surface area (Å²) in [7, 11) is 3.14. The van der Waals surface area contributed by atoms with Crippen molar-refractivity contribution in [1.29, 1.82) is 0 Å². The largest absolute Gasteiger partial charge is 0.480 e. The van der Waals surface area contributed by atoms with Gasteiger partial charge >= 0.3 is 12.0 Å². The van der Waals surface area contributed by atoms with E-state index in [1.807, 2.05) is 0 Å². The van der Waals surface area contributed by atoms with E-state index in [1.165, 1.54) is 15.9 Å². The molecule has 0 aromatic carbocycles. The van der Waals surface area contributed by atoms with Crippen LogP contribution in [0.25, 0.3) is 0 Å². The standard InChI is InChI=1S/C8H14N2O3/c1-4-5-10(6-7(11)12)8(13)9(2)3/h4H,1,5-6H2,2-3H3,(H,11,12). The quantitative estimate of drug-likeness (QED) is 0.640. The molecule has 0 aliphatic heterocycles. The number of hydrogen-bond acceptors (Lipinski definition) is 2. The lowest BCUT2D eigenvalue weighted by atomic mass is 10.5. The fourth-order valence-corrected chi connectivity index (χ4v) is 0.812. The second kappa shape index (κ2) is 5.18. The summed E-state index contributed by atoms with van der Waals surface area (Å²) in [6, 6.07) is -0.331. The third-order valence-corrected chi connectivity index (χ3v) is 1.33. The fourth-order valence-electron chi connectivity index (χ4n) is 0.812. The van der Waals surface area contributed by atoms with Crippen LogP contribution in [0.3, 0.4) is 0 Å². The van der Waals surface area contributed by atoms with Gasteiger partial charge in [0.2, 0.25) is 0 Å². The first-order chi connectivity index (χ1) is 5.99. The molecule has 0 radical (unpaired) electrons. The van der Waals surface area contributed by atoms with Gasteiger partial charge in [0, 0.05) is 20.6 Å². The predicted octanol–water partition coefficient (Wildman–Crippen LogP) is 0.241. The fraction of sp³-hybridized carbons (Fsp3) is 0.500. The predicted molar refractivity (Wildman–Crippen MR) is 48.5 cm³/mol. The number of carboxylic acids is 1. The topological polar surface area (TPSA) is 60.9 Å². The Morgan fingerprint density at radius 2 is 2.00 bits per heavy atom. The minimum Gasteiger partial charge on any atom is -0.480 e. The molecule has 74 valence electrons. The molecule has 0 aromatic rings. The summed E-state index contributed by atoms with van der Waals surface area (Å²) < 4.78 is 0. The highest BCUT2D eigenvalue weighted by Gasteiger charge is 2.16. The van der Waals surface area contributed by atoms with Crippen LogP contribution < -0.4 is 0 Å². The molecule has 0 saturated heterocycles. The summed E-state index contributed by atoms with van der Waals surface area (Å²) in [4.78, 5) is 24.2. The van der Waals surface area contributed by atoms with Gasteiger partial charge in [-0.25, -0.2) is 4.79 Å². The van der Waals surface area contributed by atoms with Crippen molar-refractivity contribution in [2.45, 2.75) is 0 Å². The molecule has 5 nitrogen and oxygen atoms in total. The molecular weight excluding hydrogens is 172 g/mol. The molecule has 0 rings (SSSR count). The van der Waals surface area contributed by atoms with Crippen molar-refractivity contribution in [2.24, 2.45) is 0 Å². The minimum absolute atomic E-state index is 0.239. The normalized spacial score (nSPS) is 9.08. The van der Waals surface area contributed by atoms with Crippen molar-refractivity contribution < 1.29 is 14.7 Å². The highest BCUT2D eigenvalue weighted by Crippen LogP contribution is 1.94. The molecule has 0 aliphatic rings. The first kappa shape index (κ1) is 11.5. The van der Waals surface area contributed by atoms with Crippen LogP contribution >= 0.6 is 0 Å². The number of carbonyl (C=O) groups excluding carboxylic acids is 1. The Hall–Kier alpha value is -1.52. The van der Waals surface area contributed by atoms with E-state index in [-0.39, 0.29) is 19.1 Å². The highest BCUT2D eigenvalue weighted by atomic mass is 16.4. The van der Waals surface area contributed by atoms with Gasteiger partial charge in [-0.2, -0.15) is 0 Å². The van der Waals surface area contributed by atoms with Gasteiger partial charge in [-0.05, 0) is 0 Å². The second-order valence-electron chi connectivity index (χ2n) is 2.74. The molecule has 0 fully saturated rings. The zero-order valence-corrected chi connectivity index (χ0v) is 7.86. The number of nitrogens with zero attached hydrogens (tertiary/aromatic N) is 2. The van der Waals surface area contributed by atoms with Crippen LogP contribution in [0.5, 0.6) is 0 Å². The minimum atomic E-state index is -1.03. The maximum atomic E-state index is 11.3. The summed E-state index contributed by atoms with van der Waals surface area (Å²) in [5.74, 6) is -1.03. The van der Waals surface area contributed by atoms with Gasteiger partial charge in [-0.3, -0.25) is 4.79 Å². The molecule has 0 bridgehead atoms. The van der Waals surface area contributed by atoms with Gasteiger partial charge in [-0.15, -0.1) is 6.58 Å². The highest BCUT2D eigenvalue weighted by molar-refractivity contribution is 5.79. The summed E-state index contributed by atoms with van der Waals surface area (Å²) in [6.45, 7) is 3.38. The average Bonchev–Trinajstić information content (AvgIpc) is 2.01. The monoisotopic (exact) mass is 186 g/mol. The van der Waals surface area contributed by atoms with Crippen LogP contribution in [0.1, 0.15) is 0 Å². The summed E-state index contributed by atoms with van der Waals surface area (Å²) in [5.41, 5.74) is 0. The number of amides is 2. The third-order valence-electron chi connectivity index (χ3n) is 1.33. The molecule has 1 N–H and O–H groups in total. The van der Waals surface area contributed by atoms with Crippen LogP contribution in [-0.4, -0.2) is 54.1 Å². The van der Waals surface area contributed by atoms with Gasteiger partial charge < -0.3 is 14.9 Å². The van der Waals surface area contributed by atoms with E-state index in [0.717, 1.165) is 0 Å². The maximum Gasteiger partial charge on any atom is 0.323 e. The molecule has 13 heavy (non-hydrogen) atoms. The summed E-state index contributed by atoms with van der Waals surface area (Å²) in [6.07, 6.45) is 1.49. The number of aliphatic carboxylic acids is 1. The van der Waals surface area contributed by atoms with Gasteiger partial charge in [0.15, 0.2) is 0 Å². The SMILES string of the molecule is C=CCN(CC(=O)O)C(=O)N(C)C. The van der Waals surface area contributed by atoms with Crippen LogP contribution in [0, 0.1) is 0 Å². The molecule has 2 amide bonds. The first-order valence-electron chi connectivity index (χ1n) is 3.78. The second-order valence-corrected chi connectivity index (χ2v) is 2.74. The lowest BCUT2D eigenvalue weighted by Gasteiger charge is -2.22. The number of carboxylic acid groups (broad SMARTS) is 1. The van der Waals surface area contributed by atoms with E-state index in [9.17, 15) is 9.59 Å². The number of urea groups is 1. The van der Waals surface area contributed by atoms with Gasteiger partial charge in [-0.1, -0.05) is 6.08 Å². The average molecular weight is 186 g/mol. The molecule has 0 saturated carbocycles. The van der Waals surface area contributed by atoms with Gasteiger partial charge in [0.05, 0.1) is 0 Å². The van der Waals surface area contributed by atoms with Crippen molar-refractivity contribution in [3.8, 4) is 0 Å². The summed E-state index contributed by atoms with van der Waals surface area (Å²) in [5, 5.41) is 8.49. The molecule has 0 aromatic heterocycles. The lowest BCUT2D eigenvalue weighted by molar-refractivity contribution is -0.137. The van der Waals surface area contributed by atoms with E-state index in [2.05, 4.69) is 6.58 Å². The zero-order valence-electron chi connectivity index (χ0n) is 7.86. The molecule has 0 aliphatic carbocycles. The van der Waals surface area contributed by atoms with E-state index in [1.54, 1.807) is 14.1 Å². The summed E-state index contributed by atoms with van der Waals surface area (Å²) >= 11 is 0. The zero-order chi connectivity index (χ0) is 10.4. The van der Waals surface area contributed by atoms with E-state index < -0.39 is 5.97 Å². The molecule has 0 heterocycles. The Kier molecular flexibility index (Phi) is 4.58. The molecule has 0 spiro atoms. The maximum absolute atomic E-state index is 11.3. The van der Waals surface area contributed by atoms with Crippen molar-refractivity contribution >= 4 is 12.0 Å². The van der Waals surface area contributed by atoms with Crippen molar-refractivity contribution in [1.82, 2.24) is 9.80 Å². The van der Waals surface area contributed by atoms with Crippen LogP contribution in [0.2, 0.25) is 0 Å². The van der Waals surface area contributed by atoms with Crippen LogP contribution in [0.15, 0.2) is 12.7 Å². The molecular formula is C8H14N2O3. The number of hydrogen-bond donors (Lipinski definition) is 1. The Morgan fingerprint density at radius 1 is 1.46 bits per heavy atom. The Balaban J connectivity index is 4.31. The van der Waals surface area contributed by atoms with E-state index >= 15 is 0 Å². The van der Waals surface area contributed by atoms with Crippen molar-refractivity contribution in [2.75, 3.05) is 27.2 Å². The molecule has 0 atom stereocenters. The lowest BCUT2D eigenvalue weighted by Crippen LogP contribution is -2.42. The van der Waals surface area contributed by atoms with Crippen molar-refractivity contribution in [3.05, 3.63) is 12.7 Å². The van der Waals surface area contributed by atoms with Gasteiger partial charge in [0.1, 0.15) is 6.54 Å². The van der Waals surface area contributed by atoms with E-state index in [4.69, 9.17) is 5.11 Å². The third kappa shape index (κ3) is 4.15. The van der Waals surface area contributed by atoms with E-state index in [0.29, 0.717) is 0 Å². The Morgan fingerprint density at radius 3 is 2.31 bits per heavy atom. The van der Waals surface area contributed by atoms with Crippen LogP contribution in [-0.2, 0) is 4.79 Å². The Bertz CT molecular complexity index is 213. The number of carbonyl (C=O) groups is 2. The van der Waals surface area contributed by atoms with Gasteiger partial charge in [0.25, 0.3) is 0 Å². The van der Waals surface area contributed by atoms with Crippen molar-refractivity contribution in [3.63, 3.8) is 0 Å².